The maximum atomic E-state index is 14.0. The van der Waals surface area contributed by atoms with E-state index < -0.39 is 10.8 Å². The molecule has 1 aliphatic rings. The maximum absolute atomic E-state index is 14.0. The molecule has 42 heavy (non-hydrogen) atoms. The fourth-order valence-electron chi connectivity index (χ4n) is 7.93. The highest BCUT2D eigenvalue weighted by Crippen LogP contribution is 2.44. The van der Waals surface area contributed by atoms with Crippen LogP contribution in [0.5, 0.6) is 0 Å². The van der Waals surface area contributed by atoms with E-state index >= 15 is 0 Å². The van der Waals surface area contributed by atoms with E-state index in [4.69, 9.17) is 4.74 Å². The first-order valence-electron chi connectivity index (χ1n) is 17.1. The van der Waals surface area contributed by atoms with Gasteiger partial charge >= 0.3 is 0 Å². The van der Waals surface area contributed by atoms with E-state index in [1.807, 2.05) is 13.8 Å². The van der Waals surface area contributed by atoms with Crippen LogP contribution >= 0.6 is 0 Å². The molecule has 0 aromatic heterocycles. The van der Waals surface area contributed by atoms with E-state index in [1.54, 1.807) is 0 Å². The molecule has 0 N–H and O–H groups in total. The minimum atomic E-state index is -0.431. The van der Waals surface area contributed by atoms with Gasteiger partial charge in [-0.1, -0.05) is 96.9 Å². The highest BCUT2D eigenvalue weighted by Gasteiger charge is 2.46. The summed E-state index contributed by atoms with van der Waals surface area (Å²) >= 11 is 0. The van der Waals surface area contributed by atoms with Gasteiger partial charge in [0.25, 0.3) is 0 Å². The van der Waals surface area contributed by atoms with Crippen LogP contribution in [0, 0.1) is 27.1 Å². The summed E-state index contributed by atoms with van der Waals surface area (Å²) in [5.41, 5.74) is -0.339. The van der Waals surface area contributed by atoms with E-state index in [2.05, 4.69) is 134 Å². The first kappa shape index (κ1) is 41.5. The summed E-state index contributed by atoms with van der Waals surface area (Å²) < 4.78 is 6.54. The Kier molecular flexibility index (Phi) is 14.2. The van der Waals surface area contributed by atoms with Crippen LogP contribution < -0.4 is 0 Å². The Balaban J connectivity index is 0.00000821. The highest BCUT2D eigenvalue weighted by molar-refractivity contribution is 5.89. The number of carbonyl (C=O) groups is 1. The molecule has 0 amide bonds. The molecule has 1 rings (SSSR count). The third-order valence-electron chi connectivity index (χ3n) is 9.85. The summed E-state index contributed by atoms with van der Waals surface area (Å²) in [4.78, 5) is 19.3. The van der Waals surface area contributed by atoms with Crippen molar-refractivity contribution in [1.82, 2.24) is 9.80 Å². The van der Waals surface area contributed by atoms with Crippen molar-refractivity contribution in [2.24, 2.45) is 27.1 Å². The Labute approximate surface area is 265 Å². The molecular weight excluding hydrogens is 516 g/mol. The van der Waals surface area contributed by atoms with E-state index in [0.29, 0.717) is 17.8 Å². The Morgan fingerprint density at radius 1 is 0.548 bits per heavy atom. The van der Waals surface area contributed by atoms with Crippen molar-refractivity contribution in [1.29, 1.82) is 0 Å². The van der Waals surface area contributed by atoms with Crippen LogP contribution in [-0.4, -0.2) is 65.0 Å². The molecule has 252 valence electrons. The van der Waals surface area contributed by atoms with Crippen LogP contribution in [0.4, 0.5) is 0 Å². The normalized spacial score (nSPS) is 17.6. The number of Topliss-reactive ketones (excluding diaryl/α,β-unsaturated/α-hetero) is 1. The number of nitrogens with zero attached hydrogens (tertiary/aromatic N) is 2. The molecule has 0 aromatic carbocycles. The lowest BCUT2D eigenvalue weighted by Crippen LogP contribution is -2.60. The van der Waals surface area contributed by atoms with Crippen molar-refractivity contribution in [2.45, 2.75) is 181 Å². The fourth-order valence-corrected chi connectivity index (χ4v) is 7.93. The lowest BCUT2D eigenvalue weighted by molar-refractivity contribution is -0.143. The van der Waals surface area contributed by atoms with Crippen molar-refractivity contribution in [3.05, 3.63) is 0 Å². The minimum absolute atomic E-state index is 0.0364. The van der Waals surface area contributed by atoms with Crippen molar-refractivity contribution >= 4 is 5.78 Å². The molecule has 0 radical (unpaired) electrons. The predicted molar refractivity (Wildman–Crippen MR) is 186 cm³/mol. The van der Waals surface area contributed by atoms with Gasteiger partial charge in [-0.2, -0.15) is 0 Å². The number of rotatable bonds is 13. The SMILES string of the molecule is CC.CC(C)(C)CC(C)(C)N1CCN(C(C)(C)CC(C)(C)C(=O)C(C)(C)CCOC(C)(C)C(C)(C)CC(C)(C)C)CC1. The number of ketones is 1. The van der Waals surface area contributed by atoms with Crippen molar-refractivity contribution in [2.75, 3.05) is 32.8 Å². The number of hydrogen-bond donors (Lipinski definition) is 0. The summed E-state index contributed by atoms with van der Waals surface area (Å²) in [6.45, 7) is 49.9. The first-order valence-corrected chi connectivity index (χ1v) is 17.1. The molecule has 4 nitrogen and oxygen atoms in total. The van der Waals surface area contributed by atoms with Crippen LogP contribution in [0.1, 0.15) is 164 Å². The summed E-state index contributed by atoms with van der Waals surface area (Å²) in [6.07, 6.45) is 3.87. The maximum Gasteiger partial charge on any atom is 0.144 e. The van der Waals surface area contributed by atoms with Crippen molar-refractivity contribution in [3.63, 3.8) is 0 Å². The topological polar surface area (TPSA) is 32.8 Å². The average molecular weight is 595 g/mol. The zero-order chi connectivity index (χ0) is 33.8. The molecule has 0 aliphatic carbocycles. The third kappa shape index (κ3) is 12.5. The second-order valence-corrected chi connectivity index (χ2v) is 19.3. The van der Waals surface area contributed by atoms with Gasteiger partial charge in [-0.25, -0.2) is 0 Å². The zero-order valence-corrected chi connectivity index (χ0v) is 32.6. The highest BCUT2D eigenvalue weighted by atomic mass is 16.5. The molecule has 0 bridgehead atoms. The van der Waals surface area contributed by atoms with Crippen LogP contribution in [-0.2, 0) is 9.53 Å². The fraction of sp³-hybridized carbons (Fsp3) is 0.974. The third-order valence-corrected chi connectivity index (χ3v) is 9.85. The van der Waals surface area contributed by atoms with Gasteiger partial charge in [0.1, 0.15) is 5.78 Å². The summed E-state index contributed by atoms with van der Waals surface area (Å²) in [7, 11) is 0. The summed E-state index contributed by atoms with van der Waals surface area (Å²) in [5, 5.41) is 0. The minimum Gasteiger partial charge on any atom is -0.375 e. The molecule has 0 unspecified atom stereocenters. The summed E-state index contributed by atoms with van der Waals surface area (Å²) in [5.74, 6) is 0.355. The molecule has 0 atom stereocenters. The first-order chi connectivity index (χ1) is 18.4. The van der Waals surface area contributed by atoms with Crippen LogP contribution in [0.2, 0.25) is 0 Å². The number of hydrogen-bond acceptors (Lipinski definition) is 4. The molecule has 4 heteroatoms. The van der Waals surface area contributed by atoms with Gasteiger partial charge in [0, 0.05) is 54.7 Å². The number of piperazine rings is 1. The van der Waals surface area contributed by atoms with Crippen molar-refractivity contribution in [3.8, 4) is 0 Å². The van der Waals surface area contributed by atoms with Gasteiger partial charge in [0.05, 0.1) is 5.60 Å². The average Bonchev–Trinajstić information content (AvgIpc) is 2.75. The predicted octanol–water partition coefficient (Wildman–Crippen LogP) is 10.3. The standard InChI is InChI=1S/C36H72N2O2.C2H6/c1-29(2,3)25-33(11,12)36(17,18)40-24-19-31(7,8)28(39)32(9,10)27-35(15,16)38-22-20-37(21-23-38)34(13,14)26-30(4,5)6;1-2/h19-27H2,1-18H3;1-2H3. The van der Waals surface area contributed by atoms with Gasteiger partial charge in [0.2, 0.25) is 0 Å². The number of ether oxygens (including phenoxy) is 1. The molecule has 0 saturated carbocycles. The lowest BCUT2D eigenvalue weighted by atomic mass is 9.66. The molecule has 0 spiro atoms. The Morgan fingerprint density at radius 3 is 1.26 bits per heavy atom. The zero-order valence-electron chi connectivity index (χ0n) is 32.6. The summed E-state index contributed by atoms with van der Waals surface area (Å²) in [6, 6.07) is 0. The molecule has 0 aromatic rings. The number of carbonyl (C=O) groups excluding carboxylic acids is 1. The molecule has 1 aliphatic heterocycles. The lowest BCUT2D eigenvalue weighted by Gasteiger charge is -2.51. The quantitative estimate of drug-likeness (QED) is 0.212. The van der Waals surface area contributed by atoms with Gasteiger partial charge < -0.3 is 4.74 Å². The van der Waals surface area contributed by atoms with Gasteiger partial charge in [0.15, 0.2) is 0 Å². The second-order valence-electron chi connectivity index (χ2n) is 19.3. The van der Waals surface area contributed by atoms with Crippen LogP contribution in [0.25, 0.3) is 0 Å². The Morgan fingerprint density at radius 2 is 0.905 bits per heavy atom. The largest absolute Gasteiger partial charge is 0.375 e. The Bertz CT molecular complexity index is 826. The molecule has 1 fully saturated rings. The molecule has 1 saturated heterocycles. The van der Waals surface area contributed by atoms with Crippen LogP contribution in [0.15, 0.2) is 0 Å². The monoisotopic (exact) mass is 595 g/mol. The smallest absolute Gasteiger partial charge is 0.144 e. The van der Waals surface area contributed by atoms with Gasteiger partial charge in [-0.05, 0) is 83.5 Å². The molecule has 1 heterocycles. The second kappa shape index (κ2) is 14.3. The Hall–Kier alpha value is -0.450. The van der Waals surface area contributed by atoms with Crippen molar-refractivity contribution < 1.29 is 9.53 Å². The molecular formula is C38H78N2O2. The van der Waals surface area contributed by atoms with Gasteiger partial charge in [-0.3, -0.25) is 14.6 Å². The van der Waals surface area contributed by atoms with E-state index in [0.717, 1.165) is 45.4 Å². The van der Waals surface area contributed by atoms with E-state index in [9.17, 15) is 4.79 Å². The van der Waals surface area contributed by atoms with Crippen LogP contribution in [0.3, 0.4) is 0 Å². The van der Waals surface area contributed by atoms with E-state index in [-0.39, 0.29) is 27.5 Å². The van der Waals surface area contributed by atoms with Gasteiger partial charge in [-0.15, -0.1) is 0 Å². The van der Waals surface area contributed by atoms with E-state index in [1.165, 1.54) is 6.42 Å².